The monoisotopic (exact) mass is 317 g/mol. The van der Waals surface area contributed by atoms with Crippen LogP contribution in [0, 0.1) is 19.8 Å². The molecule has 1 N–H and O–H groups in total. The van der Waals surface area contributed by atoms with Crippen molar-refractivity contribution in [2.24, 2.45) is 10.9 Å². The van der Waals surface area contributed by atoms with E-state index in [1.165, 1.54) is 16.7 Å². The molecule has 0 aromatic heterocycles. The maximum Gasteiger partial charge on any atom is 0.193 e. The van der Waals surface area contributed by atoms with E-state index in [1.54, 1.807) is 0 Å². The Morgan fingerprint density at radius 3 is 2.65 bits per heavy atom. The summed E-state index contributed by atoms with van der Waals surface area (Å²) in [6.45, 7) is 10.9. The van der Waals surface area contributed by atoms with Gasteiger partial charge in [-0.1, -0.05) is 29.3 Å². The normalized spacial score (nSPS) is 18.3. The fourth-order valence-corrected chi connectivity index (χ4v) is 3.18. The number of ether oxygens (including phenoxy) is 1. The van der Waals surface area contributed by atoms with Crippen LogP contribution >= 0.6 is 0 Å². The third kappa shape index (κ3) is 5.87. The number of rotatable bonds is 6. The summed E-state index contributed by atoms with van der Waals surface area (Å²) >= 11 is 0. The van der Waals surface area contributed by atoms with Crippen LogP contribution in [0.1, 0.15) is 30.0 Å². The average Bonchev–Trinajstić information content (AvgIpc) is 2.98. The van der Waals surface area contributed by atoms with E-state index in [0.717, 1.165) is 51.6 Å². The van der Waals surface area contributed by atoms with E-state index in [1.807, 2.05) is 0 Å². The molecule has 128 valence electrons. The van der Waals surface area contributed by atoms with Gasteiger partial charge in [0.15, 0.2) is 5.96 Å². The molecule has 4 nitrogen and oxygen atoms in total. The number of hydrogen-bond donors (Lipinski definition) is 1. The number of benzene rings is 1. The van der Waals surface area contributed by atoms with Crippen molar-refractivity contribution in [2.75, 3.05) is 39.9 Å². The first-order chi connectivity index (χ1) is 11.1. The quantitative estimate of drug-likeness (QED) is 0.647. The fourth-order valence-electron chi connectivity index (χ4n) is 3.18. The van der Waals surface area contributed by atoms with Gasteiger partial charge in [0.2, 0.25) is 0 Å². The van der Waals surface area contributed by atoms with Crippen LogP contribution in [0.5, 0.6) is 0 Å². The highest BCUT2D eigenvalue weighted by molar-refractivity contribution is 5.79. The molecule has 1 aliphatic heterocycles. The number of nitrogens with zero attached hydrogens (tertiary/aromatic N) is 2. The van der Waals surface area contributed by atoms with Gasteiger partial charge in [-0.15, -0.1) is 0 Å². The van der Waals surface area contributed by atoms with E-state index in [0.29, 0.717) is 5.92 Å². The molecule has 23 heavy (non-hydrogen) atoms. The molecule has 4 heteroatoms. The molecular weight excluding hydrogens is 286 g/mol. The van der Waals surface area contributed by atoms with Crippen LogP contribution < -0.4 is 5.32 Å². The zero-order chi connectivity index (χ0) is 16.7. The summed E-state index contributed by atoms with van der Waals surface area (Å²) in [6.07, 6.45) is 2.14. The van der Waals surface area contributed by atoms with Crippen molar-refractivity contribution in [3.05, 3.63) is 34.9 Å². The Balaban J connectivity index is 1.91. The lowest BCUT2D eigenvalue weighted by Crippen LogP contribution is -2.41. The zero-order valence-corrected chi connectivity index (χ0v) is 15.1. The van der Waals surface area contributed by atoms with E-state index in [-0.39, 0.29) is 0 Å². The molecule has 0 aliphatic carbocycles. The highest BCUT2D eigenvalue weighted by atomic mass is 16.5. The first-order valence-electron chi connectivity index (χ1n) is 8.73. The zero-order valence-electron chi connectivity index (χ0n) is 15.1. The highest BCUT2D eigenvalue weighted by Gasteiger charge is 2.18. The molecule has 0 bridgehead atoms. The van der Waals surface area contributed by atoms with Gasteiger partial charge in [-0.05, 0) is 39.2 Å². The Bertz CT molecular complexity index is 501. The minimum Gasteiger partial charge on any atom is -0.381 e. The van der Waals surface area contributed by atoms with Gasteiger partial charge in [-0.3, -0.25) is 4.99 Å². The Kier molecular flexibility index (Phi) is 6.90. The van der Waals surface area contributed by atoms with Crippen molar-refractivity contribution in [1.82, 2.24) is 10.2 Å². The molecule has 1 heterocycles. The summed E-state index contributed by atoms with van der Waals surface area (Å²) in [6, 6.07) is 6.73. The summed E-state index contributed by atoms with van der Waals surface area (Å²) in [4.78, 5) is 7.04. The Morgan fingerprint density at radius 2 is 2.04 bits per heavy atom. The average molecular weight is 317 g/mol. The summed E-state index contributed by atoms with van der Waals surface area (Å²) in [7, 11) is 2.12. The van der Waals surface area contributed by atoms with Crippen LogP contribution in [0.3, 0.4) is 0 Å². The number of guanidine groups is 1. The molecule has 0 amide bonds. The number of hydrogen-bond acceptors (Lipinski definition) is 2. The second-order valence-electron chi connectivity index (χ2n) is 6.59. The van der Waals surface area contributed by atoms with Crippen LogP contribution in [-0.2, 0) is 11.2 Å². The molecule has 1 saturated heterocycles. The molecule has 1 atom stereocenters. The molecule has 1 aromatic rings. The Morgan fingerprint density at radius 1 is 1.30 bits per heavy atom. The van der Waals surface area contributed by atoms with Crippen molar-refractivity contribution in [1.29, 1.82) is 0 Å². The predicted octanol–water partition coefficient (Wildman–Crippen LogP) is 2.78. The molecule has 1 fully saturated rings. The SMILES string of the molecule is CCNC(=NCCc1cc(C)cc(C)c1)N(C)CC1CCOC1. The maximum atomic E-state index is 5.47. The van der Waals surface area contributed by atoms with Gasteiger partial charge in [0, 0.05) is 39.2 Å². The molecular formula is C19H31N3O. The first kappa shape index (κ1) is 17.8. The maximum absolute atomic E-state index is 5.47. The lowest BCUT2D eigenvalue weighted by molar-refractivity contribution is 0.181. The van der Waals surface area contributed by atoms with Gasteiger partial charge < -0.3 is 15.0 Å². The minimum absolute atomic E-state index is 0.628. The summed E-state index contributed by atoms with van der Waals surface area (Å²) in [5.41, 5.74) is 4.03. The van der Waals surface area contributed by atoms with Gasteiger partial charge in [-0.2, -0.15) is 0 Å². The predicted molar refractivity (Wildman–Crippen MR) is 97.2 cm³/mol. The lowest BCUT2D eigenvalue weighted by Gasteiger charge is -2.24. The standard InChI is InChI=1S/C19H31N3O/c1-5-20-19(22(4)13-18-7-9-23-14-18)21-8-6-17-11-15(2)10-16(3)12-17/h10-12,18H,5-9,13-14H2,1-4H3,(H,20,21). The largest absolute Gasteiger partial charge is 0.381 e. The Hall–Kier alpha value is -1.55. The molecule has 1 aromatic carbocycles. The summed E-state index contributed by atoms with van der Waals surface area (Å²) in [5.74, 6) is 1.63. The summed E-state index contributed by atoms with van der Waals surface area (Å²) in [5, 5.41) is 3.40. The number of aryl methyl sites for hydroxylation is 2. The topological polar surface area (TPSA) is 36.9 Å². The van der Waals surface area contributed by atoms with Gasteiger partial charge in [0.05, 0.1) is 6.61 Å². The van der Waals surface area contributed by atoms with Crippen molar-refractivity contribution >= 4 is 5.96 Å². The van der Waals surface area contributed by atoms with Crippen LogP contribution in [0.25, 0.3) is 0 Å². The van der Waals surface area contributed by atoms with Crippen LogP contribution in [0.4, 0.5) is 0 Å². The molecule has 0 saturated carbocycles. The second-order valence-corrected chi connectivity index (χ2v) is 6.59. The van der Waals surface area contributed by atoms with Gasteiger partial charge >= 0.3 is 0 Å². The minimum atomic E-state index is 0.628. The fraction of sp³-hybridized carbons (Fsp3) is 0.632. The third-order valence-corrected chi connectivity index (χ3v) is 4.20. The molecule has 0 spiro atoms. The molecule has 2 rings (SSSR count). The molecule has 1 unspecified atom stereocenters. The van der Waals surface area contributed by atoms with Crippen LogP contribution in [0.15, 0.2) is 23.2 Å². The molecule has 0 radical (unpaired) electrons. The highest BCUT2D eigenvalue weighted by Crippen LogP contribution is 2.13. The second kappa shape index (κ2) is 8.92. The van der Waals surface area contributed by atoms with E-state index >= 15 is 0 Å². The summed E-state index contributed by atoms with van der Waals surface area (Å²) < 4.78 is 5.47. The molecule has 1 aliphatic rings. The van der Waals surface area contributed by atoms with Crippen molar-refractivity contribution in [3.63, 3.8) is 0 Å². The van der Waals surface area contributed by atoms with Crippen molar-refractivity contribution in [3.8, 4) is 0 Å². The third-order valence-electron chi connectivity index (χ3n) is 4.20. The van der Waals surface area contributed by atoms with Gasteiger partial charge in [-0.25, -0.2) is 0 Å². The van der Waals surface area contributed by atoms with Gasteiger partial charge in [0.1, 0.15) is 0 Å². The number of aliphatic imine (C=N–C) groups is 1. The Labute approximate surface area is 140 Å². The van der Waals surface area contributed by atoms with E-state index in [9.17, 15) is 0 Å². The van der Waals surface area contributed by atoms with Crippen LogP contribution in [0.2, 0.25) is 0 Å². The van der Waals surface area contributed by atoms with Crippen molar-refractivity contribution < 1.29 is 4.74 Å². The van der Waals surface area contributed by atoms with Gasteiger partial charge in [0.25, 0.3) is 0 Å². The lowest BCUT2D eigenvalue weighted by atomic mass is 10.1. The van der Waals surface area contributed by atoms with E-state index in [4.69, 9.17) is 9.73 Å². The van der Waals surface area contributed by atoms with Crippen LogP contribution in [-0.4, -0.2) is 50.8 Å². The van der Waals surface area contributed by atoms with E-state index < -0.39 is 0 Å². The first-order valence-corrected chi connectivity index (χ1v) is 8.73. The number of nitrogens with one attached hydrogen (secondary N) is 1. The van der Waals surface area contributed by atoms with Crippen molar-refractivity contribution in [2.45, 2.75) is 33.6 Å². The smallest absolute Gasteiger partial charge is 0.193 e. The van der Waals surface area contributed by atoms with E-state index in [2.05, 4.69) is 56.2 Å².